The first-order valence-electron chi connectivity index (χ1n) is 7.88. The van der Waals surface area contributed by atoms with E-state index in [1.807, 2.05) is 13.8 Å². The molecule has 2 atom stereocenters. The molecule has 2 amide bonds. The van der Waals surface area contributed by atoms with Crippen molar-refractivity contribution >= 4 is 12.1 Å². The second-order valence-electron chi connectivity index (χ2n) is 6.84. The Kier molecular flexibility index (Phi) is 3.52. The number of benzene rings is 1. The van der Waals surface area contributed by atoms with Gasteiger partial charge in [0.15, 0.2) is 0 Å². The van der Waals surface area contributed by atoms with Crippen molar-refractivity contribution in [2.24, 2.45) is 5.92 Å². The van der Waals surface area contributed by atoms with Crippen LogP contribution in [0.2, 0.25) is 0 Å². The van der Waals surface area contributed by atoms with Gasteiger partial charge in [0.1, 0.15) is 0 Å². The monoisotopic (exact) mass is 288 g/mol. The molecule has 2 aliphatic carbocycles. The molecule has 2 aliphatic rings. The molecule has 3 nitrogen and oxygen atoms in total. The topological polar surface area (TPSA) is 41.1 Å². The first-order valence-corrected chi connectivity index (χ1v) is 7.88. The lowest BCUT2D eigenvalue weighted by Crippen LogP contribution is -2.39. The van der Waals surface area contributed by atoms with Crippen LogP contribution < -0.4 is 10.6 Å². The molecule has 3 heteroatoms. The Morgan fingerprint density at radius 3 is 2.67 bits per heavy atom. The summed E-state index contributed by atoms with van der Waals surface area (Å²) in [6.07, 6.45) is 3.32. The summed E-state index contributed by atoms with van der Waals surface area (Å²) in [6.45, 7) is 8.37. The van der Waals surface area contributed by atoms with Gasteiger partial charge in [-0.15, -0.1) is 0 Å². The Hall–Kier alpha value is -1.77. The summed E-state index contributed by atoms with van der Waals surface area (Å²) in [7, 11) is 0. The number of rotatable bonds is 3. The predicted molar refractivity (Wildman–Crippen MR) is 90.4 cm³/mol. The minimum Gasteiger partial charge on any atom is -0.336 e. The van der Waals surface area contributed by atoms with Gasteiger partial charge in [-0.2, -0.15) is 0 Å². The second-order valence-corrected chi connectivity index (χ2v) is 6.84. The van der Waals surface area contributed by atoms with Crippen LogP contribution in [0.15, 0.2) is 23.9 Å². The molecule has 1 aromatic carbocycles. The van der Waals surface area contributed by atoms with Gasteiger partial charge in [-0.05, 0) is 54.9 Å². The van der Waals surface area contributed by atoms with E-state index >= 15 is 0 Å². The summed E-state index contributed by atoms with van der Waals surface area (Å²) in [5.74, 6) is 1.63. The quantitative estimate of drug-likeness (QED) is 0.846. The zero-order chi connectivity index (χ0) is 15.1. The third kappa shape index (κ3) is 2.82. The van der Waals surface area contributed by atoms with Gasteiger partial charge in [-0.3, -0.25) is 0 Å². The molecular formula is C18H28N2O. The first kappa shape index (κ1) is 14.2. The highest BCUT2D eigenvalue weighted by atomic mass is 16.2. The molecule has 0 aliphatic heterocycles. The highest BCUT2D eigenvalue weighted by molar-refractivity contribution is 5.79. The van der Waals surface area contributed by atoms with Crippen molar-refractivity contribution in [3.05, 3.63) is 40.6 Å². The molecule has 0 heterocycles. The maximum atomic E-state index is 11.9. The summed E-state index contributed by atoms with van der Waals surface area (Å²) >= 11 is 0. The molecule has 2 N–H and O–H groups in total. The third-order valence-electron chi connectivity index (χ3n) is 4.36. The van der Waals surface area contributed by atoms with Gasteiger partial charge < -0.3 is 10.6 Å². The van der Waals surface area contributed by atoms with Crippen LogP contribution >= 0.6 is 0 Å². The molecule has 0 saturated heterocycles. The maximum Gasteiger partial charge on any atom is 0.319 e. The van der Waals surface area contributed by atoms with Crippen LogP contribution in [0.4, 0.5) is 4.79 Å². The van der Waals surface area contributed by atoms with Crippen molar-refractivity contribution in [1.82, 2.24) is 10.6 Å². The number of carbonyl (C=O) groups excluding carboxylic acids is 1. The van der Waals surface area contributed by atoms with E-state index in [0.717, 1.165) is 12.1 Å². The van der Waals surface area contributed by atoms with E-state index in [4.69, 9.17) is 0 Å². The van der Waals surface area contributed by atoms with Gasteiger partial charge in [-0.25, -0.2) is 4.79 Å². The van der Waals surface area contributed by atoms with Crippen molar-refractivity contribution in [1.29, 1.82) is 0 Å². The number of nitrogens with one attached hydrogen (secondary N) is 2. The number of hydrogen-bond acceptors (Lipinski definition) is 1. The van der Waals surface area contributed by atoms with Crippen molar-refractivity contribution in [3.63, 3.8) is 0 Å². The van der Waals surface area contributed by atoms with Crippen LogP contribution in [0.1, 0.15) is 65.5 Å². The van der Waals surface area contributed by atoms with Crippen LogP contribution in [-0.4, -0.2) is 12.1 Å². The predicted octanol–water partition coefficient (Wildman–Crippen LogP) is 4.47. The summed E-state index contributed by atoms with van der Waals surface area (Å²) in [5, 5.41) is 5.93. The van der Waals surface area contributed by atoms with Crippen molar-refractivity contribution < 1.29 is 7.65 Å². The highest BCUT2D eigenvalue weighted by Crippen LogP contribution is 2.55. The molecule has 2 unspecified atom stereocenters. The molecule has 3 rings (SSSR count). The van der Waals surface area contributed by atoms with Crippen LogP contribution in [0, 0.1) is 5.92 Å². The maximum absolute atomic E-state index is 11.9. The molecule has 116 valence electrons. The molecule has 1 aromatic rings. The van der Waals surface area contributed by atoms with Gasteiger partial charge in [0.2, 0.25) is 0 Å². The van der Waals surface area contributed by atoms with Gasteiger partial charge >= 0.3 is 6.03 Å². The van der Waals surface area contributed by atoms with Crippen LogP contribution in [0.25, 0.3) is 6.08 Å². The van der Waals surface area contributed by atoms with E-state index in [1.54, 1.807) is 0 Å². The van der Waals surface area contributed by atoms with Crippen molar-refractivity contribution in [2.75, 3.05) is 0 Å². The van der Waals surface area contributed by atoms with Gasteiger partial charge in [0.05, 0.1) is 0 Å². The summed E-state index contributed by atoms with van der Waals surface area (Å²) < 4.78 is 0. The average molecular weight is 288 g/mol. The minimum atomic E-state index is -0.0923. The van der Waals surface area contributed by atoms with Crippen LogP contribution in [0.5, 0.6) is 0 Å². The van der Waals surface area contributed by atoms with Crippen LogP contribution in [-0.2, 0) is 0 Å². The van der Waals surface area contributed by atoms with Gasteiger partial charge in [-0.1, -0.05) is 32.0 Å². The molecule has 1 fully saturated rings. The Labute approximate surface area is 129 Å². The summed E-state index contributed by atoms with van der Waals surface area (Å²) in [6, 6.07) is 6.86. The smallest absolute Gasteiger partial charge is 0.319 e. The molecule has 1 saturated carbocycles. The second kappa shape index (κ2) is 5.21. The van der Waals surface area contributed by atoms with Crippen molar-refractivity contribution in [3.8, 4) is 0 Å². The largest absolute Gasteiger partial charge is 0.336 e. The van der Waals surface area contributed by atoms with E-state index in [1.165, 1.54) is 16.7 Å². The molecular weight excluding hydrogens is 260 g/mol. The minimum absolute atomic E-state index is 0. The fourth-order valence-corrected chi connectivity index (χ4v) is 3.13. The Morgan fingerprint density at radius 2 is 2.00 bits per heavy atom. The number of hydrogen-bond donors (Lipinski definition) is 2. The lowest BCUT2D eigenvalue weighted by molar-refractivity contribution is 0.240. The van der Waals surface area contributed by atoms with E-state index in [2.05, 4.69) is 48.8 Å². The third-order valence-corrected chi connectivity index (χ3v) is 4.36. The van der Waals surface area contributed by atoms with Crippen LogP contribution in [0.3, 0.4) is 0 Å². The first-order chi connectivity index (χ1) is 9.95. The van der Waals surface area contributed by atoms with Gasteiger partial charge in [0, 0.05) is 20.5 Å². The van der Waals surface area contributed by atoms with E-state index < -0.39 is 0 Å². The van der Waals surface area contributed by atoms with E-state index in [9.17, 15) is 4.79 Å². The molecule has 0 spiro atoms. The summed E-state index contributed by atoms with van der Waals surface area (Å²) in [5.41, 5.74) is 5.15. The molecule has 21 heavy (non-hydrogen) atoms. The number of fused-ring (bicyclic) bond motifs is 3. The summed E-state index contributed by atoms with van der Waals surface area (Å²) in [4.78, 5) is 11.9. The zero-order valence-electron chi connectivity index (χ0n) is 13.2. The van der Waals surface area contributed by atoms with E-state index in [0.29, 0.717) is 17.8 Å². The Bertz CT molecular complexity index is 611. The SMILES string of the molecule is CC(C)NC(=O)NC1=Cc2cc(C(C)C)ccc2C2CC12.[HH].[HH]. The normalized spacial score (nSPS) is 22.5. The Balaban J connectivity index is 0.00000132. The fourth-order valence-electron chi connectivity index (χ4n) is 3.13. The lowest BCUT2D eigenvalue weighted by atomic mass is 9.91. The lowest BCUT2D eigenvalue weighted by Gasteiger charge is -2.19. The molecule has 0 aromatic heterocycles. The van der Waals surface area contributed by atoms with E-state index in [-0.39, 0.29) is 14.9 Å². The molecule has 0 radical (unpaired) electrons. The number of allylic oxidation sites excluding steroid dienone is 1. The number of urea groups is 1. The Morgan fingerprint density at radius 1 is 1.24 bits per heavy atom. The highest BCUT2D eigenvalue weighted by Gasteiger charge is 2.45. The van der Waals surface area contributed by atoms with Gasteiger partial charge in [0.25, 0.3) is 0 Å². The van der Waals surface area contributed by atoms with Crippen molar-refractivity contribution in [2.45, 2.75) is 52.0 Å². The average Bonchev–Trinajstić information content (AvgIpc) is 3.17. The standard InChI is InChI=1S/C18H24N2O.2H2/c1-10(2)12-5-6-14-13(7-12)8-17(16-9-15(14)16)20-18(21)19-11(3)4;;/h5-8,10-11,15-16H,9H2,1-4H3,(H2,19,20,21);2*1H. The number of carbonyl (C=O) groups is 1. The number of amides is 2. The fraction of sp³-hybridized carbons (Fsp3) is 0.500. The molecule has 0 bridgehead atoms. The zero-order valence-corrected chi connectivity index (χ0v) is 13.2.